The molecular formula is C22H29N3O4. The second-order valence-electron chi connectivity index (χ2n) is 8.36. The first kappa shape index (κ1) is 21.0. The summed E-state index contributed by atoms with van der Waals surface area (Å²) in [7, 11) is 1.50. The van der Waals surface area contributed by atoms with Crippen LogP contribution in [0.1, 0.15) is 46.5 Å². The lowest BCUT2D eigenvalue weighted by atomic mass is 9.85. The van der Waals surface area contributed by atoms with E-state index in [1.165, 1.54) is 12.2 Å². The molecule has 7 nitrogen and oxygen atoms in total. The van der Waals surface area contributed by atoms with Crippen molar-refractivity contribution in [2.75, 3.05) is 12.2 Å². The van der Waals surface area contributed by atoms with Gasteiger partial charge in [0, 0.05) is 23.5 Å². The summed E-state index contributed by atoms with van der Waals surface area (Å²) >= 11 is 0. The number of ether oxygens (including phenoxy) is 1. The number of pyridine rings is 1. The molecule has 0 atom stereocenters. The molecule has 156 valence electrons. The fraction of sp³-hybridized carbons (Fsp3) is 0.500. The lowest BCUT2D eigenvalue weighted by Crippen LogP contribution is -2.43. The van der Waals surface area contributed by atoms with Crippen molar-refractivity contribution in [2.45, 2.75) is 58.1 Å². The van der Waals surface area contributed by atoms with Gasteiger partial charge in [-0.15, -0.1) is 0 Å². The highest BCUT2D eigenvalue weighted by atomic mass is 16.7. The van der Waals surface area contributed by atoms with Crippen molar-refractivity contribution in [1.82, 2.24) is 10.3 Å². The van der Waals surface area contributed by atoms with Crippen molar-refractivity contribution < 1.29 is 19.2 Å². The van der Waals surface area contributed by atoms with Gasteiger partial charge < -0.3 is 10.1 Å². The second-order valence-corrected chi connectivity index (χ2v) is 8.36. The number of nitrogens with zero attached hydrogens (tertiary/aromatic N) is 2. The number of fused-ring (bicyclic) bond motifs is 1. The van der Waals surface area contributed by atoms with Gasteiger partial charge >= 0.3 is 6.09 Å². The zero-order valence-electron chi connectivity index (χ0n) is 17.5. The molecule has 0 aliphatic heterocycles. The number of amides is 2. The Kier molecular flexibility index (Phi) is 6.37. The van der Waals surface area contributed by atoms with E-state index in [9.17, 15) is 9.59 Å². The van der Waals surface area contributed by atoms with E-state index < -0.39 is 11.7 Å². The lowest BCUT2D eigenvalue weighted by Gasteiger charge is -2.32. The van der Waals surface area contributed by atoms with Crippen LogP contribution in [0.4, 0.5) is 10.5 Å². The van der Waals surface area contributed by atoms with Crippen LogP contribution in [0.3, 0.4) is 0 Å². The van der Waals surface area contributed by atoms with Gasteiger partial charge in [-0.3, -0.25) is 14.6 Å². The second kappa shape index (κ2) is 8.78. The lowest BCUT2D eigenvalue weighted by molar-refractivity contribution is -0.129. The average Bonchev–Trinajstić information content (AvgIpc) is 2.67. The molecule has 0 spiro atoms. The summed E-state index contributed by atoms with van der Waals surface area (Å²) in [6, 6.07) is 9.48. The minimum Gasteiger partial charge on any atom is -0.444 e. The van der Waals surface area contributed by atoms with E-state index in [0.29, 0.717) is 18.5 Å². The maximum Gasteiger partial charge on any atom is 0.407 e. The van der Waals surface area contributed by atoms with Gasteiger partial charge in [0.15, 0.2) is 0 Å². The van der Waals surface area contributed by atoms with E-state index in [1.54, 1.807) is 12.3 Å². The number of aromatic nitrogens is 1. The molecule has 1 aliphatic rings. The molecule has 29 heavy (non-hydrogen) atoms. The summed E-state index contributed by atoms with van der Waals surface area (Å²) in [5.41, 5.74) is 0.978. The Morgan fingerprint density at radius 1 is 1.10 bits per heavy atom. The first-order chi connectivity index (χ1) is 13.8. The van der Waals surface area contributed by atoms with Crippen LogP contribution in [0.15, 0.2) is 36.5 Å². The molecule has 0 unspecified atom stereocenters. The first-order valence-electron chi connectivity index (χ1n) is 10.00. The normalized spacial score (nSPS) is 19.6. The third-order valence-electron chi connectivity index (χ3n) is 5.02. The van der Waals surface area contributed by atoms with Crippen molar-refractivity contribution in [3.63, 3.8) is 0 Å². The molecule has 1 aliphatic carbocycles. The van der Waals surface area contributed by atoms with Crippen molar-refractivity contribution in [3.8, 4) is 0 Å². The summed E-state index contributed by atoms with van der Waals surface area (Å²) in [6.45, 7) is 5.51. The van der Waals surface area contributed by atoms with Gasteiger partial charge in [-0.05, 0) is 58.6 Å². The number of hydroxylamine groups is 1. The van der Waals surface area contributed by atoms with Crippen LogP contribution in [-0.4, -0.2) is 35.7 Å². The Morgan fingerprint density at radius 2 is 1.79 bits per heavy atom. The Morgan fingerprint density at radius 3 is 2.45 bits per heavy atom. The maximum absolute atomic E-state index is 13.2. The highest BCUT2D eigenvalue weighted by Gasteiger charge is 2.32. The van der Waals surface area contributed by atoms with Gasteiger partial charge in [0.2, 0.25) is 0 Å². The fourth-order valence-corrected chi connectivity index (χ4v) is 3.69. The summed E-state index contributed by atoms with van der Waals surface area (Å²) in [5.74, 6) is -0.224. The van der Waals surface area contributed by atoms with Crippen LogP contribution in [0.25, 0.3) is 10.9 Å². The topological polar surface area (TPSA) is 80.8 Å². The van der Waals surface area contributed by atoms with Crippen LogP contribution in [0, 0.1) is 5.92 Å². The molecule has 1 N–H and O–H groups in total. The van der Waals surface area contributed by atoms with E-state index in [1.807, 2.05) is 45.0 Å². The maximum atomic E-state index is 13.2. The van der Waals surface area contributed by atoms with E-state index >= 15 is 0 Å². The number of carbonyl (C=O) groups excluding carboxylic acids is 2. The smallest absolute Gasteiger partial charge is 0.407 e. The minimum absolute atomic E-state index is 0.0200. The Labute approximate surface area is 171 Å². The zero-order chi connectivity index (χ0) is 21.0. The number of anilines is 1. The van der Waals surface area contributed by atoms with E-state index in [4.69, 9.17) is 9.57 Å². The largest absolute Gasteiger partial charge is 0.444 e. The van der Waals surface area contributed by atoms with E-state index in [-0.39, 0.29) is 17.9 Å². The third kappa shape index (κ3) is 5.23. The first-order valence-corrected chi connectivity index (χ1v) is 10.00. The number of nitrogens with one attached hydrogen (secondary N) is 1. The van der Waals surface area contributed by atoms with Crippen LogP contribution >= 0.6 is 0 Å². The molecule has 3 rings (SSSR count). The highest BCUT2D eigenvalue weighted by Crippen LogP contribution is 2.31. The molecule has 1 fully saturated rings. The number of para-hydroxylation sites is 1. The van der Waals surface area contributed by atoms with Crippen molar-refractivity contribution in [1.29, 1.82) is 0 Å². The minimum atomic E-state index is -0.524. The average molecular weight is 399 g/mol. The number of carbonyl (C=O) groups is 2. The predicted octanol–water partition coefficient (Wildman–Crippen LogP) is 4.21. The summed E-state index contributed by atoms with van der Waals surface area (Å²) in [6.07, 6.45) is 4.09. The Hall–Kier alpha value is -2.67. The number of benzene rings is 1. The molecule has 2 amide bonds. The monoisotopic (exact) mass is 399 g/mol. The van der Waals surface area contributed by atoms with Crippen LogP contribution < -0.4 is 10.4 Å². The van der Waals surface area contributed by atoms with Gasteiger partial charge in [-0.2, -0.15) is 5.06 Å². The number of rotatable bonds is 4. The van der Waals surface area contributed by atoms with Crippen molar-refractivity contribution in [3.05, 3.63) is 36.5 Å². The molecule has 0 radical (unpaired) electrons. The molecule has 1 heterocycles. The quantitative estimate of drug-likeness (QED) is 0.779. The summed E-state index contributed by atoms with van der Waals surface area (Å²) < 4.78 is 5.32. The van der Waals surface area contributed by atoms with Crippen LogP contribution in [-0.2, 0) is 14.4 Å². The molecule has 7 heteroatoms. The Balaban J connectivity index is 1.64. The van der Waals surface area contributed by atoms with Crippen molar-refractivity contribution >= 4 is 28.6 Å². The highest BCUT2D eigenvalue weighted by molar-refractivity contribution is 6.02. The molecular weight excluding hydrogens is 370 g/mol. The molecule has 1 aromatic carbocycles. The Bertz CT molecular complexity index is 864. The zero-order valence-corrected chi connectivity index (χ0v) is 17.5. The van der Waals surface area contributed by atoms with Gasteiger partial charge in [0.25, 0.3) is 5.91 Å². The van der Waals surface area contributed by atoms with Crippen LogP contribution in [0.5, 0.6) is 0 Å². The predicted molar refractivity (Wildman–Crippen MR) is 111 cm³/mol. The molecule has 0 saturated heterocycles. The van der Waals surface area contributed by atoms with Gasteiger partial charge in [0.05, 0.1) is 18.3 Å². The SMILES string of the molecule is CON(C(=O)C1CCC(NC(=O)OC(C)(C)C)CC1)c1ccnc2ccccc12. The molecule has 2 aromatic rings. The number of alkyl carbamates (subject to hydrolysis) is 1. The van der Waals surface area contributed by atoms with Gasteiger partial charge in [-0.25, -0.2) is 4.79 Å². The van der Waals surface area contributed by atoms with E-state index in [0.717, 1.165) is 23.7 Å². The van der Waals surface area contributed by atoms with Crippen molar-refractivity contribution in [2.24, 2.45) is 5.92 Å². The van der Waals surface area contributed by atoms with E-state index in [2.05, 4.69) is 10.3 Å². The fourth-order valence-electron chi connectivity index (χ4n) is 3.69. The third-order valence-corrected chi connectivity index (χ3v) is 5.02. The summed E-state index contributed by atoms with van der Waals surface area (Å²) in [5, 5.41) is 5.15. The van der Waals surface area contributed by atoms with Gasteiger partial charge in [0.1, 0.15) is 5.60 Å². The standard InChI is InChI=1S/C22H29N3O4/c1-22(2,3)29-21(27)24-16-11-9-15(10-12-16)20(26)25(28-4)19-13-14-23-18-8-6-5-7-17(18)19/h5-8,13-16H,9-12H2,1-4H3,(H,24,27). The number of hydrogen-bond donors (Lipinski definition) is 1. The number of hydrogen-bond acceptors (Lipinski definition) is 5. The van der Waals surface area contributed by atoms with Crippen LogP contribution in [0.2, 0.25) is 0 Å². The van der Waals surface area contributed by atoms with Gasteiger partial charge in [-0.1, -0.05) is 18.2 Å². The molecule has 1 aromatic heterocycles. The molecule has 1 saturated carbocycles. The summed E-state index contributed by atoms with van der Waals surface area (Å²) in [4.78, 5) is 34.9. The molecule has 0 bridgehead atoms.